The third-order valence-electron chi connectivity index (χ3n) is 3.37. The maximum atomic E-state index is 13.8. The second-order valence-electron chi connectivity index (χ2n) is 4.95. The largest absolute Gasteiger partial charge is 0.277 e. The van der Waals surface area contributed by atoms with Crippen molar-refractivity contribution in [3.8, 4) is 0 Å². The van der Waals surface area contributed by atoms with E-state index in [0.29, 0.717) is 16.4 Å². The molecular formula is C17H12ClF2N3. The summed E-state index contributed by atoms with van der Waals surface area (Å²) in [7, 11) is 0. The van der Waals surface area contributed by atoms with Crippen molar-refractivity contribution in [3.63, 3.8) is 0 Å². The molecule has 0 bridgehead atoms. The van der Waals surface area contributed by atoms with Crippen LogP contribution in [0.3, 0.4) is 0 Å². The van der Waals surface area contributed by atoms with E-state index in [2.05, 4.69) is 15.5 Å². The zero-order valence-corrected chi connectivity index (χ0v) is 12.9. The van der Waals surface area contributed by atoms with Gasteiger partial charge in [-0.3, -0.25) is 10.4 Å². The first-order valence-corrected chi connectivity index (χ1v) is 7.22. The highest BCUT2D eigenvalue weighted by molar-refractivity contribution is 6.31. The number of rotatable bonds is 3. The van der Waals surface area contributed by atoms with Crippen LogP contribution < -0.4 is 5.43 Å². The van der Waals surface area contributed by atoms with Crippen molar-refractivity contribution < 1.29 is 8.78 Å². The van der Waals surface area contributed by atoms with E-state index in [1.165, 1.54) is 12.1 Å². The molecule has 0 aliphatic heterocycles. The van der Waals surface area contributed by atoms with E-state index in [-0.39, 0.29) is 5.56 Å². The molecule has 0 aliphatic rings. The second kappa shape index (κ2) is 6.30. The average molecular weight is 332 g/mol. The molecule has 6 heteroatoms. The molecule has 23 heavy (non-hydrogen) atoms. The molecule has 0 saturated heterocycles. The summed E-state index contributed by atoms with van der Waals surface area (Å²) in [5.41, 5.74) is 4.97. The molecule has 3 aromatic rings. The predicted octanol–water partition coefficient (Wildman–Crippen LogP) is 5.00. The minimum Gasteiger partial charge on any atom is -0.277 e. The number of anilines is 1. The summed E-state index contributed by atoms with van der Waals surface area (Å²) in [4.78, 5) is 4.24. The van der Waals surface area contributed by atoms with Gasteiger partial charge in [0, 0.05) is 28.2 Å². The van der Waals surface area contributed by atoms with Gasteiger partial charge in [-0.05, 0) is 43.3 Å². The van der Waals surface area contributed by atoms with Crippen molar-refractivity contribution in [2.24, 2.45) is 5.10 Å². The summed E-state index contributed by atoms with van der Waals surface area (Å²) >= 11 is 5.95. The first-order chi connectivity index (χ1) is 11.0. The summed E-state index contributed by atoms with van der Waals surface area (Å²) in [5, 5.41) is 5.60. The highest BCUT2D eigenvalue weighted by Gasteiger charge is 2.07. The van der Waals surface area contributed by atoms with Crippen molar-refractivity contribution in [1.29, 1.82) is 0 Å². The van der Waals surface area contributed by atoms with E-state index < -0.39 is 11.6 Å². The quantitative estimate of drug-likeness (QED) is 0.541. The Labute approximate surface area is 136 Å². The molecule has 0 amide bonds. The zero-order valence-electron chi connectivity index (χ0n) is 12.1. The third kappa shape index (κ3) is 3.29. The lowest BCUT2D eigenvalue weighted by molar-refractivity contribution is 0.581. The Bertz CT molecular complexity index is 909. The van der Waals surface area contributed by atoms with Crippen LogP contribution in [-0.4, -0.2) is 10.7 Å². The molecule has 1 heterocycles. The molecule has 0 spiro atoms. The Hall–Kier alpha value is -2.53. The number of hydrogen-bond donors (Lipinski definition) is 1. The number of nitrogens with zero attached hydrogens (tertiary/aromatic N) is 2. The number of pyridine rings is 1. The molecular weight excluding hydrogens is 320 g/mol. The number of aromatic nitrogens is 1. The van der Waals surface area contributed by atoms with Crippen molar-refractivity contribution in [3.05, 3.63) is 70.9 Å². The third-order valence-corrected chi connectivity index (χ3v) is 3.60. The van der Waals surface area contributed by atoms with E-state index in [1.54, 1.807) is 31.3 Å². The van der Waals surface area contributed by atoms with E-state index in [1.807, 2.05) is 6.07 Å². The zero-order chi connectivity index (χ0) is 16.4. The normalized spacial score (nSPS) is 11.7. The van der Waals surface area contributed by atoms with Crippen molar-refractivity contribution in [2.45, 2.75) is 6.92 Å². The summed E-state index contributed by atoms with van der Waals surface area (Å²) in [5.74, 6) is -1.27. The fraction of sp³-hybridized carbons (Fsp3) is 0.0588. The number of hydrogen-bond acceptors (Lipinski definition) is 3. The van der Waals surface area contributed by atoms with Gasteiger partial charge in [-0.1, -0.05) is 11.6 Å². The number of nitrogens with one attached hydrogen (secondary N) is 1. The summed E-state index contributed by atoms with van der Waals surface area (Å²) in [6.07, 6.45) is 1.63. The summed E-state index contributed by atoms with van der Waals surface area (Å²) in [6.45, 7) is 1.64. The summed E-state index contributed by atoms with van der Waals surface area (Å²) < 4.78 is 26.7. The SMILES string of the molecule is C/C(=N\Nc1ccnc2cc(Cl)ccc12)c1ccc(F)cc1F. The lowest BCUT2D eigenvalue weighted by Crippen LogP contribution is -2.03. The predicted molar refractivity (Wildman–Crippen MR) is 88.9 cm³/mol. The monoisotopic (exact) mass is 331 g/mol. The molecule has 116 valence electrons. The fourth-order valence-corrected chi connectivity index (χ4v) is 2.37. The van der Waals surface area contributed by atoms with Gasteiger partial charge < -0.3 is 0 Å². The van der Waals surface area contributed by atoms with Crippen LogP contribution in [0.15, 0.2) is 53.8 Å². The van der Waals surface area contributed by atoms with E-state index >= 15 is 0 Å². The van der Waals surface area contributed by atoms with Gasteiger partial charge in [-0.15, -0.1) is 0 Å². The van der Waals surface area contributed by atoms with Crippen LogP contribution in [-0.2, 0) is 0 Å². The number of halogens is 3. The van der Waals surface area contributed by atoms with Crippen LogP contribution in [0.25, 0.3) is 10.9 Å². The van der Waals surface area contributed by atoms with Crippen molar-refractivity contribution in [1.82, 2.24) is 4.98 Å². The van der Waals surface area contributed by atoms with Gasteiger partial charge in [0.1, 0.15) is 11.6 Å². The number of benzene rings is 2. The maximum absolute atomic E-state index is 13.8. The van der Waals surface area contributed by atoms with Crippen LogP contribution in [0.5, 0.6) is 0 Å². The van der Waals surface area contributed by atoms with Crippen LogP contribution in [0.2, 0.25) is 5.02 Å². The van der Waals surface area contributed by atoms with Gasteiger partial charge in [0.15, 0.2) is 0 Å². The molecule has 2 aromatic carbocycles. The molecule has 0 saturated carbocycles. The van der Waals surface area contributed by atoms with Gasteiger partial charge in [-0.2, -0.15) is 5.10 Å². The smallest absolute Gasteiger partial charge is 0.135 e. The maximum Gasteiger partial charge on any atom is 0.135 e. The minimum atomic E-state index is -0.653. The highest BCUT2D eigenvalue weighted by atomic mass is 35.5. The van der Waals surface area contributed by atoms with Gasteiger partial charge in [0.2, 0.25) is 0 Å². The molecule has 0 unspecified atom stereocenters. The Morgan fingerprint density at radius 3 is 2.74 bits per heavy atom. The van der Waals surface area contributed by atoms with Crippen molar-refractivity contribution in [2.75, 3.05) is 5.43 Å². The molecule has 0 aliphatic carbocycles. The highest BCUT2D eigenvalue weighted by Crippen LogP contribution is 2.24. The lowest BCUT2D eigenvalue weighted by atomic mass is 10.1. The Kier molecular flexibility index (Phi) is 4.21. The van der Waals surface area contributed by atoms with Gasteiger partial charge in [0.05, 0.1) is 16.9 Å². The molecule has 0 radical (unpaired) electrons. The molecule has 0 fully saturated rings. The van der Waals surface area contributed by atoms with E-state index in [0.717, 1.165) is 17.0 Å². The molecule has 3 nitrogen and oxygen atoms in total. The van der Waals surface area contributed by atoms with Crippen LogP contribution in [0, 0.1) is 11.6 Å². The second-order valence-corrected chi connectivity index (χ2v) is 5.39. The Morgan fingerprint density at radius 1 is 1.13 bits per heavy atom. The molecule has 0 atom stereocenters. The molecule has 1 N–H and O–H groups in total. The number of fused-ring (bicyclic) bond motifs is 1. The molecule has 3 rings (SSSR count). The van der Waals surface area contributed by atoms with Crippen LogP contribution in [0.1, 0.15) is 12.5 Å². The topological polar surface area (TPSA) is 37.3 Å². The standard InChI is InChI=1S/C17H12ClF2N3/c1-10(13-5-3-12(19)9-15(13)20)22-23-16-6-7-21-17-8-11(18)2-4-14(16)17/h2-9H,1H3,(H,21,23)/b22-10+. The van der Waals surface area contributed by atoms with Gasteiger partial charge in [0.25, 0.3) is 0 Å². The number of hydrazone groups is 1. The van der Waals surface area contributed by atoms with Crippen LogP contribution in [0.4, 0.5) is 14.5 Å². The first-order valence-electron chi connectivity index (χ1n) is 6.84. The lowest BCUT2D eigenvalue weighted by Gasteiger charge is -2.07. The van der Waals surface area contributed by atoms with E-state index in [4.69, 9.17) is 11.6 Å². The Balaban J connectivity index is 1.93. The van der Waals surface area contributed by atoms with Gasteiger partial charge >= 0.3 is 0 Å². The fourth-order valence-electron chi connectivity index (χ4n) is 2.21. The summed E-state index contributed by atoms with van der Waals surface area (Å²) in [6, 6.07) is 10.5. The average Bonchev–Trinajstić information content (AvgIpc) is 2.52. The van der Waals surface area contributed by atoms with Gasteiger partial charge in [-0.25, -0.2) is 8.78 Å². The first kappa shape index (κ1) is 15.4. The Morgan fingerprint density at radius 2 is 1.96 bits per heavy atom. The van der Waals surface area contributed by atoms with E-state index in [9.17, 15) is 8.78 Å². The minimum absolute atomic E-state index is 0.236. The van der Waals surface area contributed by atoms with Crippen molar-refractivity contribution >= 4 is 33.9 Å². The van der Waals surface area contributed by atoms with Crippen LogP contribution >= 0.6 is 11.6 Å². The molecule has 1 aromatic heterocycles.